The molecule has 0 saturated carbocycles. The van der Waals surface area contributed by atoms with Gasteiger partial charge in [-0.2, -0.15) is 0 Å². The summed E-state index contributed by atoms with van der Waals surface area (Å²) in [4.78, 5) is 26.2. The molecule has 182 valence electrons. The highest BCUT2D eigenvalue weighted by atomic mass is 35.5. The molecular weight excluding hydrogens is 450 g/mol. The molecule has 8 nitrogen and oxygen atoms in total. The van der Waals surface area contributed by atoms with Crippen LogP contribution in [0.1, 0.15) is 59.5 Å². The van der Waals surface area contributed by atoms with Gasteiger partial charge in [-0.1, -0.05) is 51.4 Å². The van der Waals surface area contributed by atoms with E-state index in [9.17, 15) is 14.7 Å². The molecule has 0 radical (unpaired) electrons. The van der Waals surface area contributed by atoms with Crippen molar-refractivity contribution in [3.8, 4) is 11.5 Å². The smallest absolute Gasteiger partial charge is 0.336 e. The van der Waals surface area contributed by atoms with Crippen LogP contribution in [-0.4, -0.2) is 49.7 Å². The first kappa shape index (κ1) is 28.2. The van der Waals surface area contributed by atoms with Crippen LogP contribution in [0, 0.1) is 0 Å². The van der Waals surface area contributed by atoms with Gasteiger partial charge in [-0.15, -0.1) is 0 Å². The Hall–Kier alpha value is -2.81. The highest BCUT2D eigenvalue weighted by molar-refractivity contribution is 6.32. The van der Waals surface area contributed by atoms with Crippen LogP contribution in [-0.2, 0) is 22.6 Å². The van der Waals surface area contributed by atoms with E-state index >= 15 is 0 Å². The summed E-state index contributed by atoms with van der Waals surface area (Å²) in [6.07, 6.45) is 0. The van der Waals surface area contributed by atoms with Gasteiger partial charge in [0.15, 0.2) is 13.6 Å². The number of nitrogens with zero attached hydrogens (tertiary/aromatic N) is 1. The summed E-state index contributed by atoms with van der Waals surface area (Å²) in [5.41, 5.74) is 1.83. The fraction of sp³-hybridized carbons (Fsp3) is 0.417. The van der Waals surface area contributed by atoms with Gasteiger partial charge in [0, 0.05) is 33.4 Å². The predicted molar refractivity (Wildman–Crippen MR) is 126 cm³/mol. The number of carboxylic acids is 1. The molecule has 1 amide bonds. The molecule has 1 N–H and O–H groups in total. The monoisotopic (exact) mass is 481 g/mol. The number of methoxy groups -OCH3 is 2. The molecule has 0 saturated heterocycles. The summed E-state index contributed by atoms with van der Waals surface area (Å²) in [5.74, 6) is -0.831. The molecule has 9 heteroatoms. The van der Waals surface area contributed by atoms with Crippen molar-refractivity contribution in [2.45, 2.75) is 40.8 Å². The van der Waals surface area contributed by atoms with Crippen LogP contribution in [0.4, 0.5) is 0 Å². The topological polar surface area (TPSA) is 94.5 Å². The summed E-state index contributed by atoms with van der Waals surface area (Å²) < 4.78 is 20.7. The van der Waals surface area contributed by atoms with Crippen molar-refractivity contribution in [2.24, 2.45) is 0 Å². The molecule has 1 aliphatic heterocycles. The number of rotatable bonds is 8. The van der Waals surface area contributed by atoms with Gasteiger partial charge in [-0.3, -0.25) is 4.79 Å². The number of halogens is 1. The average Bonchev–Trinajstić information content (AvgIpc) is 3.28. The lowest BCUT2D eigenvalue weighted by Crippen LogP contribution is -2.26. The molecule has 0 fully saturated rings. The number of amides is 1. The second-order valence-corrected chi connectivity index (χ2v) is 6.70. The Kier molecular flexibility index (Phi) is 12.3. The third kappa shape index (κ3) is 7.08. The zero-order chi connectivity index (χ0) is 25.0. The maximum Gasteiger partial charge on any atom is 0.336 e. The van der Waals surface area contributed by atoms with E-state index in [1.54, 1.807) is 6.07 Å². The van der Waals surface area contributed by atoms with Crippen LogP contribution in [0.15, 0.2) is 30.3 Å². The normalized spacial score (nSPS) is 11.4. The summed E-state index contributed by atoms with van der Waals surface area (Å²) in [7, 11) is 2.94. The van der Waals surface area contributed by atoms with Crippen molar-refractivity contribution in [3.63, 3.8) is 0 Å². The van der Waals surface area contributed by atoms with Crippen molar-refractivity contribution in [1.29, 1.82) is 0 Å². The highest BCUT2D eigenvalue weighted by Crippen LogP contribution is 2.35. The second kappa shape index (κ2) is 14.4. The Labute approximate surface area is 200 Å². The van der Waals surface area contributed by atoms with Crippen molar-refractivity contribution in [2.75, 3.05) is 27.8 Å². The summed E-state index contributed by atoms with van der Waals surface area (Å²) >= 11 is 6.26. The van der Waals surface area contributed by atoms with Gasteiger partial charge in [0.05, 0.1) is 16.1 Å². The minimum Gasteiger partial charge on any atom is -0.478 e. The molecule has 0 unspecified atom stereocenters. The third-order valence-corrected chi connectivity index (χ3v) is 4.73. The van der Waals surface area contributed by atoms with Crippen molar-refractivity contribution < 1.29 is 33.6 Å². The van der Waals surface area contributed by atoms with Gasteiger partial charge in [0.25, 0.3) is 5.91 Å². The van der Waals surface area contributed by atoms with Crippen molar-refractivity contribution >= 4 is 23.5 Å². The van der Waals surface area contributed by atoms with Crippen molar-refractivity contribution in [1.82, 2.24) is 4.90 Å². The zero-order valence-corrected chi connectivity index (χ0v) is 20.7. The quantitative estimate of drug-likeness (QED) is 0.517. The van der Waals surface area contributed by atoms with E-state index in [0.717, 1.165) is 5.56 Å². The molecule has 1 aliphatic rings. The number of hydrogen-bond acceptors (Lipinski definition) is 6. The maximum absolute atomic E-state index is 13.2. The minimum atomic E-state index is -1.03. The minimum absolute atomic E-state index is 0.0177. The maximum atomic E-state index is 13.2. The number of carboxylic acid groups (broad SMARTS) is 1. The molecule has 2 aromatic carbocycles. The Balaban J connectivity index is 0.00000129. The first-order valence-corrected chi connectivity index (χ1v) is 11.0. The number of fused-ring (bicyclic) bond motifs is 1. The summed E-state index contributed by atoms with van der Waals surface area (Å²) in [6, 6.07) is 7.97. The van der Waals surface area contributed by atoms with E-state index in [1.807, 2.05) is 33.8 Å². The van der Waals surface area contributed by atoms with Crippen LogP contribution >= 0.6 is 11.6 Å². The lowest BCUT2D eigenvalue weighted by Gasteiger charge is -2.19. The van der Waals surface area contributed by atoms with Crippen LogP contribution < -0.4 is 9.47 Å². The molecular formula is C24H32ClNO7. The van der Waals surface area contributed by atoms with Crippen LogP contribution in [0.3, 0.4) is 0 Å². The number of benzene rings is 2. The molecule has 33 heavy (non-hydrogen) atoms. The third-order valence-electron chi connectivity index (χ3n) is 4.43. The number of carbonyl (C=O) groups excluding carboxylic acids is 1. The fourth-order valence-electron chi connectivity index (χ4n) is 3.11. The van der Waals surface area contributed by atoms with Crippen LogP contribution in [0.2, 0.25) is 5.02 Å². The van der Waals surface area contributed by atoms with E-state index in [4.69, 9.17) is 30.5 Å². The fourth-order valence-corrected chi connectivity index (χ4v) is 3.33. The zero-order valence-electron chi connectivity index (χ0n) is 19.9. The van der Waals surface area contributed by atoms with Crippen LogP contribution in [0.5, 0.6) is 11.5 Å². The van der Waals surface area contributed by atoms with E-state index < -0.39 is 5.97 Å². The lowest BCUT2D eigenvalue weighted by atomic mass is 10.0. The molecule has 0 aromatic heterocycles. The van der Waals surface area contributed by atoms with Crippen LogP contribution in [0.25, 0.3) is 0 Å². The average molecular weight is 482 g/mol. The molecule has 2 aromatic rings. The molecule has 0 aliphatic carbocycles. The number of aromatic carboxylic acids is 1. The second-order valence-electron chi connectivity index (χ2n) is 6.29. The van der Waals surface area contributed by atoms with E-state index in [-0.39, 0.29) is 47.9 Å². The lowest BCUT2D eigenvalue weighted by molar-refractivity contribution is 0.0448. The number of ether oxygens (including phenoxy) is 4. The molecule has 0 bridgehead atoms. The van der Waals surface area contributed by atoms with Gasteiger partial charge in [0.2, 0.25) is 0 Å². The summed E-state index contributed by atoms with van der Waals surface area (Å²) in [6.45, 7) is 8.38. The molecule has 0 spiro atoms. The highest BCUT2D eigenvalue weighted by Gasteiger charge is 2.30. The van der Waals surface area contributed by atoms with Crippen molar-refractivity contribution in [3.05, 3.63) is 57.6 Å². The first-order chi connectivity index (χ1) is 16.0. The predicted octanol–water partition coefficient (Wildman–Crippen LogP) is 5.21. The summed E-state index contributed by atoms with van der Waals surface area (Å²) in [5, 5.41) is 9.61. The largest absolute Gasteiger partial charge is 0.478 e. The number of hydrogen-bond donors (Lipinski definition) is 1. The Morgan fingerprint density at radius 3 is 2.12 bits per heavy atom. The van der Waals surface area contributed by atoms with Gasteiger partial charge in [0.1, 0.15) is 11.5 Å². The Morgan fingerprint density at radius 1 is 0.939 bits per heavy atom. The van der Waals surface area contributed by atoms with Gasteiger partial charge in [-0.25, -0.2) is 4.79 Å². The standard InChI is InChI=1S/C20H20ClNO7.2C2H6/c1-26-10-28-17-7-18(29-11-27-2)16(21)6-14(17)19(23)22-8-12-4-3-5-13(20(24)25)15(12)9-22;2*1-2/h3-7H,8-11H2,1-2H3,(H,24,25);2*1-2H3. The van der Waals surface area contributed by atoms with Gasteiger partial charge in [-0.05, 0) is 23.3 Å². The molecule has 1 heterocycles. The van der Waals surface area contributed by atoms with Gasteiger partial charge < -0.3 is 29.0 Å². The van der Waals surface area contributed by atoms with E-state index in [2.05, 4.69) is 0 Å². The van der Waals surface area contributed by atoms with E-state index in [0.29, 0.717) is 17.9 Å². The Bertz CT molecular complexity index is 933. The molecule has 3 rings (SSSR count). The molecule has 0 atom stereocenters. The number of carbonyl (C=O) groups is 2. The SMILES string of the molecule is CC.CC.COCOc1cc(OCOC)c(C(=O)N2Cc3cccc(C(=O)O)c3C2)cc1Cl. The Morgan fingerprint density at radius 2 is 1.55 bits per heavy atom. The van der Waals surface area contributed by atoms with E-state index in [1.165, 1.54) is 37.3 Å². The first-order valence-electron chi connectivity index (χ1n) is 10.7. The van der Waals surface area contributed by atoms with Gasteiger partial charge >= 0.3 is 5.97 Å².